The average molecular weight is 404 g/mol. The summed E-state index contributed by atoms with van der Waals surface area (Å²) in [4.78, 5) is 41.9. The zero-order chi connectivity index (χ0) is 19.4. The average Bonchev–Trinajstić information content (AvgIpc) is 3.35. The Morgan fingerprint density at radius 1 is 1.48 bits per heavy atom. The van der Waals surface area contributed by atoms with Crippen molar-refractivity contribution in [1.29, 1.82) is 5.26 Å². The number of carbonyl (C=O) groups excluding carboxylic acids is 3. The van der Waals surface area contributed by atoms with E-state index in [1.54, 1.807) is 21.7 Å². The zero-order valence-corrected chi connectivity index (χ0v) is 16.1. The lowest BCUT2D eigenvalue weighted by Gasteiger charge is -2.12. The van der Waals surface area contributed by atoms with Gasteiger partial charge in [0.2, 0.25) is 5.91 Å². The number of hydrogen-bond donors (Lipinski definition) is 1. The molecule has 2 aromatic rings. The van der Waals surface area contributed by atoms with E-state index in [2.05, 4.69) is 10.3 Å². The van der Waals surface area contributed by atoms with E-state index in [0.29, 0.717) is 34.4 Å². The number of esters is 1. The van der Waals surface area contributed by atoms with E-state index in [1.165, 1.54) is 29.6 Å². The summed E-state index contributed by atoms with van der Waals surface area (Å²) in [5, 5.41) is 15.9. The van der Waals surface area contributed by atoms with Crippen molar-refractivity contribution in [3.8, 4) is 6.07 Å². The van der Waals surface area contributed by atoms with Gasteiger partial charge in [0.05, 0.1) is 17.7 Å². The number of thiazole rings is 1. The van der Waals surface area contributed by atoms with Gasteiger partial charge in [0, 0.05) is 18.3 Å². The molecule has 8 nitrogen and oxygen atoms in total. The van der Waals surface area contributed by atoms with Gasteiger partial charge < -0.3 is 10.1 Å². The molecule has 0 saturated carbocycles. The highest BCUT2D eigenvalue weighted by Gasteiger charge is 2.25. The second-order valence-corrected chi connectivity index (χ2v) is 7.60. The molecular formula is C17H16N4O4S2. The van der Waals surface area contributed by atoms with Crippen molar-refractivity contribution >= 4 is 50.6 Å². The van der Waals surface area contributed by atoms with Gasteiger partial charge >= 0.3 is 5.97 Å². The Hall–Kier alpha value is -2.77. The van der Waals surface area contributed by atoms with Gasteiger partial charge in [-0.2, -0.15) is 5.26 Å². The summed E-state index contributed by atoms with van der Waals surface area (Å²) in [6.45, 7) is 2.10. The molecule has 2 amide bonds. The number of aromatic nitrogens is 1. The van der Waals surface area contributed by atoms with E-state index < -0.39 is 18.0 Å². The van der Waals surface area contributed by atoms with Gasteiger partial charge in [-0.1, -0.05) is 0 Å². The first-order chi connectivity index (χ1) is 13.0. The normalized spacial score (nSPS) is 14.7. The molecule has 10 heteroatoms. The first-order valence-corrected chi connectivity index (χ1v) is 9.96. The van der Waals surface area contributed by atoms with E-state index in [4.69, 9.17) is 10.00 Å². The predicted octanol–water partition coefficient (Wildman–Crippen LogP) is 2.32. The first kappa shape index (κ1) is 19.0. The van der Waals surface area contributed by atoms with Crippen LogP contribution in [-0.2, 0) is 25.5 Å². The van der Waals surface area contributed by atoms with Crippen LogP contribution in [0, 0.1) is 11.3 Å². The SMILES string of the molecule is C[C@H](OC(=O)Cc1csc(N2CCCC2=O)n1)C(=O)Nc1sccc1C#N. The van der Waals surface area contributed by atoms with Crippen molar-refractivity contribution in [2.24, 2.45) is 0 Å². The maximum atomic E-state index is 12.1. The highest BCUT2D eigenvalue weighted by Crippen LogP contribution is 2.26. The molecule has 3 rings (SSSR count). The lowest BCUT2D eigenvalue weighted by molar-refractivity contribution is -0.152. The molecule has 0 bridgehead atoms. The molecule has 0 unspecified atom stereocenters. The zero-order valence-electron chi connectivity index (χ0n) is 14.4. The number of amides is 2. The van der Waals surface area contributed by atoms with Crippen LogP contribution in [0.25, 0.3) is 0 Å². The van der Waals surface area contributed by atoms with E-state index in [9.17, 15) is 14.4 Å². The van der Waals surface area contributed by atoms with Crippen molar-refractivity contribution in [2.75, 3.05) is 16.8 Å². The molecule has 27 heavy (non-hydrogen) atoms. The van der Waals surface area contributed by atoms with Crippen LogP contribution in [0.4, 0.5) is 10.1 Å². The third kappa shape index (κ3) is 4.50. The third-order valence-electron chi connectivity index (χ3n) is 3.87. The molecule has 2 aromatic heterocycles. The highest BCUT2D eigenvalue weighted by atomic mass is 32.1. The fourth-order valence-corrected chi connectivity index (χ4v) is 4.11. The summed E-state index contributed by atoms with van der Waals surface area (Å²) >= 11 is 2.52. The van der Waals surface area contributed by atoms with Crippen LogP contribution in [0.5, 0.6) is 0 Å². The van der Waals surface area contributed by atoms with E-state index in [1.807, 2.05) is 6.07 Å². The summed E-state index contributed by atoms with van der Waals surface area (Å²) in [6, 6.07) is 3.57. The molecule has 1 N–H and O–H groups in total. The molecule has 1 fully saturated rings. The number of anilines is 2. The predicted molar refractivity (Wildman–Crippen MR) is 101 cm³/mol. The fraction of sp³-hybridized carbons (Fsp3) is 0.353. The van der Waals surface area contributed by atoms with Gasteiger partial charge in [-0.3, -0.25) is 19.3 Å². The Morgan fingerprint density at radius 2 is 2.30 bits per heavy atom. The lowest BCUT2D eigenvalue weighted by atomic mass is 10.3. The number of hydrogen-bond acceptors (Lipinski definition) is 8. The fourth-order valence-electron chi connectivity index (χ4n) is 2.50. The van der Waals surface area contributed by atoms with Crippen LogP contribution in [0.1, 0.15) is 31.0 Å². The third-order valence-corrected chi connectivity index (χ3v) is 5.61. The number of thiophene rings is 1. The van der Waals surface area contributed by atoms with Crippen molar-refractivity contribution < 1.29 is 19.1 Å². The number of nitriles is 1. The maximum absolute atomic E-state index is 12.1. The van der Waals surface area contributed by atoms with Gasteiger partial charge in [-0.15, -0.1) is 22.7 Å². The summed E-state index contributed by atoms with van der Waals surface area (Å²) < 4.78 is 5.15. The van der Waals surface area contributed by atoms with Crippen LogP contribution in [0.15, 0.2) is 16.8 Å². The molecule has 0 aliphatic carbocycles. The Labute approximate surface area is 163 Å². The van der Waals surface area contributed by atoms with E-state index >= 15 is 0 Å². The standard InChI is InChI=1S/C17H16N4O4S2/c1-10(15(24)20-16-11(8-18)4-6-26-16)25-14(23)7-12-9-27-17(19-12)21-5-2-3-13(21)22/h4,6,9-10H,2-3,5,7H2,1H3,(H,20,24)/t10-/m0/s1. The quantitative estimate of drug-likeness (QED) is 0.740. The maximum Gasteiger partial charge on any atom is 0.312 e. The molecule has 0 aromatic carbocycles. The minimum Gasteiger partial charge on any atom is -0.452 e. The minimum absolute atomic E-state index is 0.0362. The van der Waals surface area contributed by atoms with Crippen LogP contribution >= 0.6 is 22.7 Å². The number of nitrogens with one attached hydrogen (secondary N) is 1. The van der Waals surface area contributed by atoms with Crippen LogP contribution in [0.3, 0.4) is 0 Å². The smallest absolute Gasteiger partial charge is 0.312 e. The minimum atomic E-state index is -1.01. The number of ether oxygens (including phenoxy) is 1. The number of carbonyl (C=O) groups is 3. The van der Waals surface area contributed by atoms with Crippen molar-refractivity contribution in [3.05, 3.63) is 28.1 Å². The summed E-state index contributed by atoms with van der Waals surface area (Å²) in [5.74, 6) is -1.06. The van der Waals surface area contributed by atoms with Gasteiger partial charge in [-0.25, -0.2) is 4.98 Å². The molecule has 0 spiro atoms. The largest absolute Gasteiger partial charge is 0.452 e. The van der Waals surface area contributed by atoms with Crippen molar-refractivity contribution in [3.63, 3.8) is 0 Å². The lowest BCUT2D eigenvalue weighted by Crippen LogP contribution is -2.30. The number of rotatable bonds is 6. The molecule has 1 aliphatic heterocycles. The second kappa shape index (κ2) is 8.28. The Balaban J connectivity index is 1.53. The van der Waals surface area contributed by atoms with Gasteiger partial charge in [0.25, 0.3) is 5.91 Å². The van der Waals surface area contributed by atoms with Gasteiger partial charge in [0.15, 0.2) is 11.2 Å². The van der Waals surface area contributed by atoms with Crippen molar-refractivity contribution in [2.45, 2.75) is 32.3 Å². The Kier molecular flexibility index (Phi) is 5.83. The number of nitrogens with zero attached hydrogens (tertiary/aromatic N) is 3. The van der Waals surface area contributed by atoms with E-state index in [-0.39, 0.29) is 12.3 Å². The topological polar surface area (TPSA) is 112 Å². The summed E-state index contributed by atoms with van der Waals surface area (Å²) in [7, 11) is 0. The highest BCUT2D eigenvalue weighted by molar-refractivity contribution is 7.14. The molecule has 1 aliphatic rings. The van der Waals surface area contributed by atoms with Crippen LogP contribution in [-0.4, -0.2) is 35.4 Å². The molecule has 1 atom stereocenters. The van der Waals surface area contributed by atoms with Crippen LogP contribution < -0.4 is 10.2 Å². The molecule has 3 heterocycles. The Morgan fingerprint density at radius 3 is 3.00 bits per heavy atom. The first-order valence-electron chi connectivity index (χ1n) is 8.20. The molecule has 0 radical (unpaired) electrons. The van der Waals surface area contributed by atoms with Gasteiger partial charge in [-0.05, 0) is 24.8 Å². The molecule has 1 saturated heterocycles. The van der Waals surface area contributed by atoms with Gasteiger partial charge in [0.1, 0.15) is 11.1 Å². The monoisotopic (exact) mass is 404 g/mol. The van der Waals surface area contributed by atoms with Crippen LogP contribution in [0.2, 0.25) is 0 Å². The summed E-state index contributed by atoms with van der Waals surface area (Å²) in [5.41, 5.74) is 0.857. The summed E-state index contributed by atoms with van der Waals surface area (Å²) in [6.07, 6.45) is 0.226. The second-order valence-electron chi connectivity index (χ2n) is 5.84. The molecular weight excluding hydrogens is 388 g/mol. The Bertz CT molecular complexity index is 914. The van der Waals surface area contributed by atoms with Crippen molar-refractivity contribution in [1.82, 2.24) is 4.98 Å². The molecule has 140 valence electrons. The van der Waals surface area contributed by atoms with E-state index in [0.717, 1.165) is 6.42 Å².